The first-order valence-corrected chi connectivity index (χ1v) is 6.38. The highest BCUT2D eigenvalue weighted by Gasteiger charge is 2.29. The Hall–Kier alpha value is -0.360. The van der Waals surface area contributed by atoms with Crippen LogP contribution in [0.2, 0.25) is 0 Å². The Morgan fingerprint density at radius 2 is 1.50 bits per heavy atom. The van der Waals surface area contributed by atoms with Gasteiger partial charge in [-0.25, -0.2) is 0 Å². The number of carbonyl (C=O) groups is 2. The van der Waals surface area contributed by atoms with Gasteiger partial charge in [-0.05, 0) is 43.6 Å². The second-order valence-corrected chi connectivity index (χ2v) is 4.63. The zero-order valence-corrected chi connectivity index (χ0v) is 10.8. The summed E-state index contributed by atoms with van der Waals surface area (Å²) in [6, 6.07) is 0. The van der Waals surface area contributed by atoms with Gasteiger partial charge in [-0.15, -0.1) is 0 Å². The third-order valence-electron chi connectivity index (χ3n) is 2.65. The molecular formula is C10H16O4S2-2. The van der Waals surface area contributed by atoms with Crippen molar-refractivity contribution in [2.24, 2.45) is 5.41 Å². The lowest BCUT2D eigenvalue weighted by Crippen LogP contribution is -2.43. The minimum absolute atomic E-state index is 0.131. The van der Waals surface area contributed by atoms with Crippen LogP contribution in [0.3, 0.4) is 0 Å². The standard InChI is InChI=1S/C10H18O4S2/c11-8(12)2-1-3-10(4-6-15,5-7-16)9(13)14/h15-16H,1-7H2,(H,11,12)(H,13,14)/p-2. The minimum atomic E-state index is -1.16. The molecule has 94 valence electrons. The molecule has 0 aromatic heterocycles. The largest absolute Gasteiger partial charge is 0.550 e. The Morgan fingerprint density at radius 3 is 1.81 bits per heavy atom. The van der Waals surface area contributed by atoms with Crippen LogP contribution in [0, 0.1) is 5.41 Å². The van der Waals surface area contributed by atoms with Crippen LogP contribution < -0.4 is 10.2 Å². The molecule has 0 fully saturated rings. The monoisotopic (exact) mass is 264 g/mol. The molecule has 0 saturated heterocycles. The van der Waals surface area contributed by atoms with Crippen LogP contribution in [0.1, 0.15) is 32.1 Å². The first kappa shape index (κ1) is 15.6. The summed E-state index contributed by atoms with van der Waals surface area (Å²) >= 11 is 8.04. The molecule has 0 aliphatic heterocycles. The normalized spacial score (nSPS) is 11.4. The first-order chi connectivity index (χ1) is 7.48. The zero-order chi connectivity index (χ0) is 12.6. The smallest absolute Gasteiger partial charge is 0.0476 e. The molecule has 0 N–H and O–H groups in total. The molecule has 0 radical (unpaired) electrons. The van der Waals surface area contributed by atoms with Crippen LogP contribution in [0.4, 0.5) is 0 Å². The Labute approximate surface area is 106 Å². The van der Waals surface area contributed by atoms with E-state index in [0.29, 0.717) is 24.3 Å². The highest BCUT2D eigenvalue weighted by Crippen LogP contribution is 2.33. The van der Waals surface area contributed by atoms with E-state index in [0.717, 1.165) is 0 Å². The number of carboxylic acid groups (broad SMARTS) is 2. The lowest BCUT2D eigenvalue weighted by Gasteiger charge is -2.34. The molecule has 0 unspecified atom stereocenters. The lowest BCUT2D eigenvalue weighted by atomic mass is 9.78. The molecule has 16 heavy (non-hydrogen) atoms. The van der Waals surface area contributed by atoms with E-state index in [2.05, 4.69) is 25.3 Å². The predicted octanol–water partition coefficient (Wildman–Crippen LogP) is -0.717. The Morgan fingerprint density at radius 1 is 1.00 bits per heavy atom. The van der Waals surface area contributed by atoms with Crippen molar-refractivity contribution in [3.05, 3.63) is 0 Å². The van der Waals surface area contributed by atoms with E-state index >= 15 is 0 Å². The van der Waals surface area contributed by atoms with Crippen LogP contribution >= 0.6 is 25.3 Å². The van der Waals surface area contributed by atoms with Crippen molar-refractivity contribution in [2.45, 2.75) is 32.1 Å². The maximum Gasteiger partial charge on any atom is 0.0476 e. The fourth-order valence-corrected chi connectivity index (χ4v) is 2.54. The summed E-state index contributed by atoms with van der Waals surface area (Å²) in [4.78, 5) is 21.4. The van der Waals surface area contributed by atoms with Crippen molar-refractivity contribution in [3.8, 4) is 0 Å². The van der Waals surface area contributed by atoms with Gasteiger partial charge in [0.1, 0.15) is 0 Å². The van der Waals surface area contributed by atoms with Crippen molar-refractivity contribution < 1.29 is 19.8 Å². The van der Waals surface area contributed by atoms with Gasteiger partial charge in [0.15, 0.2) is 0 Å². The molecule has 0 amide bonds. The Balaban J connectivity index is 4.48. The van der Waals surface area contributed by atoms with E-state index in [4.69, 9.17) is 0 Å². The molecular weight excluding hydrogens is 248 g/mol. The quantitative estimate of drug-likeness (QED) is 0.539. The molecule has 0 spiro atoms. The molecule has 0 atom stereocenters. The second-order valence-electron chi connectivity index (χ2n) is 3.74. The van der Waals surface area contributed by atoms with Crippen LogP contribution in [0.15, 0.2) is 0 Å². The van der Waals surface area contributed by atoms with Gasteiger partial charge >= 0.3 is 0 Å². The topological polar surface area (TPSA) is 80.3 Å². The third kappa shape index (κ3) is 5.12. The van der Waals surface area contributed by atoms with Crippen LogP contribution in [-0.4, -0.2) is 23.4 Å². The van der Waals surface area contributed by atoms with Gasteiger partial charge in [0.05, 0.1) is 0 Å². The predicted molar refractivity (Wildman–Crippen MR) is 63.2 cm³/mol. The van der Waals surface area contributed by atoms with Gasteiger partial charge in [-0.2, -0.15) is 25.3 Å². The van der Waals surface area contributed by atoms with Crippen molar-refractivity contribution in [2.75, 3.05) is 11.5 Å². The van der Waals surface area contributed by atoms with Gasteiger partial charge in [0.2, 0.25) is 0 Å². The van der Waals surface area contributed by atoms with Crippen LogP contribution in [0.5, 0.6) is 0 Å². The number of carboxylic acids is 2. The van der Waals surface area contributed by atoms with E-state index in [1.165, 1.54) is 0 Å². The first-order valence-electron chi connectivity index (χ1n) is 5.11. The molecule has 0 saturated carbocycles. The summed E-state index contributed by atoms with van der Waals surface area (Å²) in [5.41, 5.74) is -1.00. The molecule has 0 rings (SSSR count). The molecule has 4 nitrogen and oxygen atoms in total. The number of carbonyl (C=O) groups excluding carboxylic acids is 2. The maximum atomic E-state index is 11.1. The fraction of sp³-hybridized carbons (Fsp3) is 0.800. The molecule has 0 aliphatic carbocycles. The fourth-order valence-electron chi connectivity index (χ4n) is 1.68. The SMILES string of the molecule is O=C([O-])CCCC(CCS)(CCS)C(=O)[O-]. The zero-order valence-electron chi connectivity index (χ0n) is 8.98. The summed E-state index contributed by atoms with van der Waals surface area (Å²) < 4.78 is 0. The van der Waals surface area contributed by atoms with Crippen LogP contribution in [-0.2, 0) is 9.59 Å². The van der Waals surface area contributed by atoms with E-state index in [1.807, 2.05) is 0 Å². The number of hydrogen-bond acceptors (Lipinski definition) is 6. The van der Waals surface area contributed by atoms with Gasteiger partial charge in [-0.3, -0.25) is 0 Å². The van der Waals surface area contributed by atoms with Crippen molar-refractivity contribution >= 4 is 37.2 Å². The maximum absolute atomic E-state index is 11.1. The van der Waals surface area contributed by atoms with Gasteiger partial charge in [0.25, 0.3) is 0 Å². The lowest BCUT2D eigenvalue weighted by molar-refractivity contribution is -0.321. The number of rotatable bonds is 9. The molecule has 0 aromatic rings. The summed E-state index contributed by atoms with van der Waals surface area (Å²) in [5.74, 6) is -1.46. The Kier molecular flexibility index (Phi) is 7.66. The van der Waals surface area contributed by atoms with Gasteiger partial charge in [0, 0.05) is 17.4 Å². The summed E-state index contributed by atoms with van der Waals surface area (Å²) in [6.45, 7) is 0. The number of thiol groups is 2. The van der Waals surface area contributed by atoms with Crippen molar-refractivity contribution in [1.29, 1.82) is 0 Å². The molecule has 0 bridgehead atoms. The van der Waals surface area contributed by atoms with E-state index in [1.54, 1.807) is 0 Å². The summed E-state index contributed by atoms with van der Waals surface area (Å²) in [5, 5.41) is 21.4. The Bertz CT molecular complexity index is 237. The summed E-state index contributed by atoms with van der Waals surface area (Å²) in [6.07, 6.45) is 1.15. The molecule has 6 heteroatoms. The summed E-state index contributed by atoms with van der Waals surface area (Å²) in [7, 11) is 0. The molecule has 0 aromatic carbocycles. The molecule has 0 heterocycles. The second kappa shape index (κ2) is 7.84. The highest BCUT2D eigenvalue weighted by molar-refractivity contribution is 7.80. The highest BCUT2D eigenvalue weighted by atomic mass is 32.1. The van der Waals surface area contributed by atoms with E-state index < -0.39 is 17.4 Å². The van der Waals surface area contributed by atoms with E-state index in [-0.39, 0.29) is 19.3 Å². The van der Waals surface area contributed by atoms with Crippen LogP contribution in [0.25, 0.3) is 0 Å². The number of aliphatic carboxylic acids is 2. The van der Waals surface area contributed by atoms with Crippen molar-refractivity contribution in [3.63, 3.8) is 0 Å². The average molecular weight is 264 g/mol. The number of hydrogen-bond donors (Lipinski definition) is 2. The van der Waals surface area contributed by atoms with Gasteiger partial charge < -0.3 is 19.8 Å². The van der Waals surface area contributed by atoms with E-state index in [9.17, 15) is 19.8 Å². The van der Waals surface area contributed by atoms with Crippen molar-refractivity contribution in [1.82, 2.24) is 0 Å². The minimum Gasteiger partial charge on any atom is -0.550 e. The van der Waals surface area contributed by atoms with Gasteiger partial charge in [-0.1, -0.05) is 0 Å². The third-order valence-corrected chi connectivity index (χ3v) is 3.10. The average Bonchev–Trinajstić information content (AvgIpc) is 2.17. The molecule has 0 aliphatic rings.